The highest BCUT2D eigenvalue weighted by atomic mass is 127. The van der Waals surface area contributed by atoms with E-state index in [2.05, 4.69) is 17.4 Å². The van der Waals surface area contributed by atoms with E-state index in [0.717, 1.165) is 22.3 Å². The molecule has 30 heavy (non-hydrogen) atoms. The molecule has 0 radical (unpaired) electrons. The van der Waals surface area contributed by atoms with Crippen LogP contribution in [0.25, 0.3) is 11.1 Å². The summed E-state index contributed by atoms with van der Waals surface area (Å²) < 4.78 is 10.3. The summed E-state index contributed by atoms with van der Waals surface area (Å²) >= 11 is 1.56. The summed E-state index contributed by atoms with van der Waals surface area (Å²) in [4.78, 5) is 36.3. The molecule has 1 aliphatic carbocycles. The van der Waals surface area contributed by atoms with Crippen LogP contribution >= 0.6 is 22.6 Å². The molecule has 0 saturated heterocycles. The molecule has 0 spiro atoms. The van der Waals surface area contributed by atoms with Crippen LogP contribution in [-0.4, -0.2) is 34.1 Å². The van der Waals surface area contributed by atoms with Crippen LogP contribution in [0, 0.1) is 0 Å². The van der Waals surface area contributed by atoms with Gasteiger partial charge < -0.3 is 14.8 Å². The van der Waals surface area contributed by atoms with Gasteiger partial charge >= 0.3 is 12.1 Å². The molecule has 0 saturated carbocycles. The monoisotopic (exact) mass is 521 g/mol. The lowest BCUT2D eigenvalue weighted by molar-refractivity contribution is -0.155. The first kappa shape index (κ1) is 22.3. The molecule has 0 aliphatic heterocycles. The normalized spacial score (nSPS) is 13.7. The zero-order chi connectivity index (χ0) is 21.9. The fourth-order valence-electron chi connectivity index (χ4n) is 3.52. The van der Waals surface area contributed by atoms with Crippen molar-refractivity contribution in [3.8, 4) is 11.1 Å². The van der Waals surface area contributed by atoms with Crippen LogP contribution in [0.5, 0.6) is 0 Å². The minimum atomic E-state index is -1.00. The third-order valence-electron chi connectivity index (χ3n) is 4.70. The molecule has 0 aromatic heterocycles. The first-order chi connectivity index (χ1) is 14.2. The summed E-state index contributed by atoms with van der Waals surface area (Å²) in [5.41, 5.74) is 3.79. The molecule has 3 rings (SSSR count). The van der Waals surface area contributed by atoms with Crippen LogP contribution in [0.1, 0.15) is 44.2 Å². The highest BCUT2D eigenvalue weighted by molar-refractivity contribution is 14.1. The van der Waals surface area contributed by atoms with Gasteiger partial charge in [-0.05, 0) is 43.0 Å². The molecule has 158 valence electrons. The summed E-state index contributed by atoms with van der Waals surface area (Å²) in [6.07, 6.45) is -0.987. The van der Waals surface area contributed by atoms with E-state index in [1.54, 1.807) is 43.4 Å². The van der Waals surface area contributed by atoms with Gasteiger partial charge in [0.05, 0.1) is 6.42 Å². The van der Waals surface area contributed by atoms with Crippen molar-refractivity contribution >= 4 is 38.4 Å². The molecule has 0 bridgehead atoms. The predicted molar refractivity (Wildman–Crippen MR) is 121 cm³/mol. The van der Waals surface area contributed by atoms with Gasteiger partial charge in [0.1, 0.15) is 18.2 Å². The summed E-state index contributed by atoms with van der Waals surface area (Å²) in [5, 5.41) is 2.49. The molecular formula is C23H24INO5. The SMILES string of the molecule is CC(C)(C)OC(=O)C[C@H](NC(=O)OCC1c2ccccc2-c2ccccc21)C(=O)I. The average Bonchev–Trinajstić information content (AvgIpc) is 2.98. The van der Waals surface area contributed by atoms with E-state index in [4.69, 9.17) is 9.47 Å². The minimum Gasteiger partial charge on any atom is -0.460 e. The smallest absolute Gasteiger partial charge is 0.407 e. The van der Waals surface area contributed by atoms with E-state index in [1.807, 2.05) is 36.4 Å². The Morgan fingerprint density at radius 3 is 2.03 bits per heavy atom. The van der Waals surface area contributed by atoms with E-state index in [0.29, 0.717) is 0 Å². The Kier molecular flexibility index (Phi) is 6.80. The van der Waals surface area contributed by atoms with E-state index in [-0.39, 0.29) is 22.7 Å². The number of esters is 1. The van der Waals surface area contributed by atoms with Crippen LogP contribution < -0.4 is 5.32 Å². The van der Waals surface area contributed by atoms with Crippen LogP contribution in [0.4, 0.5) is 4.79 Å². The molecule has 6 nitrogen and oxygen atoms in total. The van der Waals surface area contributed by atoms with Gasteiger partial charge in [-0.3, -0.25) is 9.59 Å². The number of alkyl carbamates (subject to hydrolysis) is 1. The largest absolute Gasteiger partial charge is 0.460 e. The van der Waals surface area contributed by atoms with Gasteiger partial charge in [0.2, 0.25) is 3.79 Å². The molecule has 1 atom stereocenters. The Labute approximate surface area is 189 Å². The number of carbonyl (C=O) groups excluding carboxylic acids is 3. The van der Waals surface area contributed by atoms with Crippen molar-refractivity contribution in [3.05, 3.63) is 59.7 Å². The second-order valence-electron chi connectivity index (χ2n) is 8.12. The van der Waals surface area contributed by atoms with Crippen molar-refractivity contribution in [1.29, 1.82) is 0 Å². The first-order valence-electron chi connectivity index (χ1n) is 9.68. The molecule has 1 N–H and O–H groups in total. The Hall–Kier alpha value is -2.42. The van der Waals surface area contributed by atoms with Gasteiger partial charge in [-0.1, -0.05) is 48.5 Å². The summed E-state index contributed by atoms with van der Waals surface area (Å²) in [6, 6.07) is 15.1. The Bertz CT molecular complexity index is 921. The quantitative estimate of drug-likeness (QED) is 0.342. The standard InChI is InChI=1S/C23H24INO5/c1-23(2,3)30-20(26)12-19(21(24)27)25-22(28)29-13-18-16-10-6-4-8-14(16)15-9-5-7-11-17(15)18/h4-11,18-19H,12-13H2,1-3H3,(H,25,28)/t19-/m0/s1. The van der Waals surface area contributed by atoms with Gasteiger partial charge in [0.15, 0.2) is 0 Å². The third-order valence-corrected chi connectivity index (χ3v) is 5.45. The number of nitrogens with one attached hydrogen (secondary N) is 1. The highest BCUT2D eigenvalue weighted by Gasteiger charge is 2.30. The van der Waals surface area contributed by atoms with Crippen LogP contribution in [0.2, 0.25) is 0 Å². The fraction of sp³-hybridized carbons (Fsp3) is 0.348. The molecule has 0 heterocycles. The lowest BCUT2D eigenvalue weighted by atomic mass is 9.98. The number of carbonyl (C=O) groups is 3. The number of hydrogen-bond acceptors (Lipinski definition) is 5. The number of benzene rings is 2. The number of hydrogen-bond donors (Lipinski definition) is 1. The predicted octanol–water partition coefficient (Wildman–Crippen LogP) is 4.59. The lowest BCUT2D eigenvalue weighted by Gasteiger charge is -2.21. The maximum absolute atomic E-state index is 12.4. The second kappa shape index (κ2) is 9.16. The zero-order valence-electron chi connectivity index (χ0n) is 17.1. The van der Waals surface area contributed by atoms with Crippen molar-refractivity contribution in [2.45, 2.75) is 44.8 Å². The van der Waals surface area contributed by atoms with Crippen LogP contribution in [-0.2, 0) is 19.1 Å². The van der Waals surface area contributed by atoms with Gasteiger partial charge in [0.25, 0.3) is 0 Å². The summed E-state index contributed by atoms with van der Waals surface area (Å²) in [5.74, 6) is -0.640. The van der Waals surface area contributed by atoms with E-state index in [1.165, 1.54) is 0 Å². The molecule has 2 aromatic carbocycles. The summed E-state index contributed by atoms with van der Waals surface area (Å²) in [6.45, 7) is 5.36. The molecule has 1 amide bonds. The van der Waals surface area contributed by atoms with Gasteiger partial charge in [0, 0.05) is 28.5 Å². The summed E-state index contributed by atoms with van der Waals surface area (Å²) in [7, 11) is 0. The maximum atomic E-state index is 12.4. The molecule has 0 fully saturated rings. The molecule has 0 unspecified atom stereocenters. The fourth-order valence-corrected chi connectivity index (χ4v) is 3.90. The maximum Gasteiger partial charge on any atom is 0.407 e. The second-order valence-corrected chi connectivity index (χ2v) is 9.18. The number of amides is 1. The molecule has 1 aliphatic rings. The number of halogens is 1. The van der Waals surface area contributed by atoms with Crippen molar-refractivity contribution in [2.24, 2.45) is 0 Å². The third kappa shape index (κ3) is 5.38. The zero-order valence-corrected chi connectivity index (χ0v) is 19.3. The van der Waals surface area contributed by atoms with Crippen molar-refractivity contribution in [2.75, 3.05) is 6.61 Å². The van der Waals surface area contributed by atoms with Crippen LogP contribution in [0.3, 0.4) is 0 Å². The Morgan fingerprint density at radius 1 is 1.00 bits per heavy atom. The minimum absolute atomic E-state index is 0.0808. The highest BCUT2D eigenvalue weighted by Crippen LogP contribution is 2.44. The van der Waals surface area contributed by atoms with Crippen LogP contribution in [0.15, 0.2) is 48.5 Å². The Balaban J connectivity index is 1.64. The lowest BCUT2D eigenvalue weighted by Crippen LogP contribution is -2.42. The van der Waals surface area contributed by atoms with E-state index < -0.39 is 23.7 Å². The van der Waals surface area contributed by atoms with E-state index >= 15 is 0 Å². The molecule has 2 aromatic rings. The molecular weight excluding hydrogens is 497 g/mol. The van der Waals surface area contributed by atoms with Crippen molar-refractivity contribution in [3.63, 3.8) is 0 Å². The number of rotatable bonds is 6. The first-order valence-corrected chi connectivity index (χ1v) is 10.8. The van der Waals surface area contributed by atoms with Gasteiger partial charge in [-0.15, -0.1) is 0 Å². The van der Waals surface area contributed by atoms with Gasteiger partial charge in [-0.2, -0.15) is 0 Å². The number of fused-ring (bicyclic) bond motifs is 3. The average molecular weight is 521 g/mol. The van der Waals surface area contributed by atoms with Gasteiger partial charge in [-0.25, -0.2) is 4.79 Å². The van der Waals surface area contributed by atoms with Crippen molar-refractivity contribution in [1.82, 2.24) is 5.32 Å². The van der Waals surface area contributed by atoms with E-state index in [9.17, 15) is 14.4 Å². The Morgan fingerprint density at radius 2 is 1.53 bits per heavy atom. The number of ether oxygens (including phenoxy) is 2. The van der Waals surface area contributed by atoms with Crippen molar-refractivity contribution < 1.29 is 23.9 Å². The topological polar surface area (TPSA) is 81.7 Å². The molecule has 7 heteroatoms.